The van der Waals surface area contributed by atoms with E-state index in [-0.39, 0.29) is 5.41 Å². The van der Waals surface area contributed by atoms with Crippen molar-refractivity contribution in [1.29, 1.82) is 5.26 Å². The van der Waals surface area contributed by atoms with Crippen LogP contribution in [0.5, 0.6) is 0 Å². The molecule has 0 atom stereocenters. The van der Waals surface area contributed by atoms with E-state index in [1.165, 1.54) is 11.1 Å². The highest BCUT2D eigenvalue weighted by atomic mass is 15.2. The Morgan fingerprint density at radius 3 is 1.71 bits per heavy atom. The number of fused-ring (bicyclic) bond motifs is 2. The van der Waals surface area contributed by atoms with Crippen molar-refractivity contribution in [2.24, 2.45) is 0 Å². The molecule has 2 nitrogen and oxygen atoms in total. The zero-order chi connectivity index (χ0) is 16.7. The Morgan fingerprint density at radius 1 is 0.708 bits per heavy atom. The third kappa shape index (κ3) is 1.95. The molecule has 0 radical (unpaired) electrons. The van der Waals surface area contributed by atoms with Crippen molar-refractivity contribution in [3.63, 3.8) is 0 Å². The van der Waals surface area contributed by atoms with E-state index < -0.39 is 0 Å². The summed E-state index contributed by atoms with van der Waals surface area (Å²) in [4.78, 5) is 2.22. The SMILES string of the molecule is CC1(C)c2ccccc2N(c2ccccc2C#N)c2ccccc21. The topological polar surface area (TPSA) is 27.0 Å². The van der Waals surface area contributed by atoms with Crippen molar-refractivity contribution in [3.05, 3.63) is 89.5 Å². The first-order chi connectivity index (χ1) is 11.6. The Hall–Kier alpha value is -3.05. The number of nitrogens with zero attached hydrogens (tertiary/aromatic N) is 2. The minimum atomic E-state index is -0.0781. The summed E-state index contributed by atoms with van der Waals surface area (Å²) in [6.07, 6.45) is 0. The van der Waals surface area contributed by atoms with E-state index in [4.69, 9.17) is 0 Å². The minimum Gasteiger partial charge on any atom is -0.309 e. The van der Waals surface area contributed by atoms with Gasteiger partial charge < -0.3 is 4.90 Å². The Morgan fingerprint density at radius 2 is 1.17 bits per heavy atom. The molecule has 3 aromatic carbocycles. The van der Waals surface area contributed by atoms with Crippen LogP contribution >= 0.6 is 0 Å². The molecule has 0 amide bonds. The van der Waals surface area contributed by atoms with Crippen molar-refractivity contribution < 1.29 is 0 Å². The van der Waals surface area contributed by atoms with Crippen LogP contribution in [0.15, 0.2) is 72.8 Å². The molecule has 0 unspecified atom stereocenters. The predicted octanol–water partition coefficient (Wildman–Crippen LogP) is 5.67. The van der Waals surface area contributed by atoms with Crippen LogP contribution in [0, 0.1) is 11.3 Å². The lowest BCUT2D eigenvalue weighted by molar-refractivity contribution is 0.632. The normalized spacial score (nSPS) is 14.5. The first-order valence-corrected chi connectivity index (χ1v) is 8.13. The van der Waals surface area contributed by atoms with Crippen LogP contribution in [0.1, 0.15) is 30.5 Å². The maximum Gasteiger partial charge on any atom is 0.101 e. The van der Waals surface area contributed by atoms with E-state index in [0.717, 1.165) is 17.1 Å². The second-order valence-electron chi connectivity index (χ2n) is 6.62. The number of rotatable bonds is 1. The fraction of sp³-hybridized carbons (Fsp3) is 0.136. The lowest BCUT2D eigenvalue weighted by atomic mass is 9.73. The maximum atomic E-state index is 9.57. The van der Waals surface area contributed by atoms with Gasteiger partial charge in [-0.3, -0.25) is 0 Å². The largest absolute Gasteiger partial charge is 0.309 e. The van der Waals surface area contributed by atoms with E-state index in [0.29, 0.717) is 5.56 Å². The van der Waals surface area contributed by atoms with E-state index >= 15 is 0 Å². The molecule has 0 aromatic heterocycles. The second-order valence-corrected chi connectivity index (χ2v) is 6.62. The van der Waals surface area contributed by atoms with Gasteiger partial charge >= 0.3 is 0 Å². The summed E-state index contributed by atoms with van der Waals surface area (Å²) >= 11 is 0. The number of nitriles is 1. The Balaban J connectivity index is 2.08. The first-order valence-electron chi connectivity index (χ1n) is 8.13. The van der Waals surface area contributed by atoms with Gasteiger partial charge in [0.25, 0.3) is 0 Å². The van der Waals surface area contributed by atoms with E-state index in [1.54, 1.807) is 0 Å². The van der Waals surface area contributed by atoms with Crippen molar-refractivity contribution in [3.8, 4) is 6.07 Å². The highest BCUT2D eigenvalue weighted by Crippen LogP contribution is 2.51. The first kappa shape index (κ1) is 14.5. The van der Waals surface area contributed by atoms with Gasteiger partial charge in [0.05, 0.1) is 22.6 Å². The molecule has 0 saturated heterocycles. The summed E-state index contributed by atoms with van der Waals surface area (Å²) in [7, 11) is 0. The molecule has 3 aromatic rings. The fourth-order valence-corrected chi connectivity index (χ4v) is 3.69. The van der Waals surface area contributed by atoms with Gasteiger partial charge in [-0.1, -0.05) is 62.4 Å². The molecule has 0 spiro atoms. The summed E-state index contributed by atoms with van der Waals surface area (Å²) in [5, 5.41) is 9.57. The number of hydrogen-bond acceptors (Lipinski definition) is 2. The van der Waals surface area contributed by atoms with E-state index in [1.807, 2.05) is 24.3 Å². The molecule has 1 aliphatic rings. The molecule has 116 valence electrons. The lowest BCUT2D eigenvalue weighted by Gasteiger charge is -2.42. The van der Waals surface area contributed by atoms with Crippen molar-refractivity contribution in [1.82, 2.24) is 0 Å². The summed E-state index contributed by atoms with van der Waals surface area (Å²) in [5.41, 5.74) is 6.36. The quantitative estimate of drug-likeness (QED) is 0.579. The molecule has 1 aliphatic heterocycles. The van der Waals surface area contributed by atoms with Gasteiger partial charge in [-0.25, -0.2) is 0 Å². The number of anilines is 3. The van der Waals surface area contributed by atoms with Crippen LogP contribution in [0.25, 0.3) is 0 Å². The number of benzene rings is 3. The average Bonchev–Trinajstić information content (AvgIpc) is 2.62. The van der Waals surface area contributed by atoms with Gasteiger partial charge in [-0.05, 0) is 35.4 Å². The fourth-order valence-electron chi connectivity index (χ4n) is 3.69. The Labute approximate surface area is 142 Å². The van der Waals surface area contributed by atoms with Crippen LogP contribution in [0.3, 0.4) is 0 Å². The Kier molecular flexibility index (Phi) is 3.18. The maximum absolute atomic E-state index is 9.57. The molecule has 24 heavy (non-hydrogen) atoms. The van der Waals surface area contributed by atoms with Crippen LogP contribution < -0.4 is 4.90 Å². The van der Waals surface area contributed by atoms with Gasteiger partial charge in [0.1, 0.15) is 6.07 Å². The molecule has 0 saturated carbocycles. The van der Waals surface area contributed by atoms with Gasteiger partial charge in [0.15, 0.2) is 0 Å². The molecule has 0 aliphatic carbocycles. The van der Waals surface area contributed by atoms with Crippen LogP contribution in [0.4, 0.5) is 17.1 Å². The predicted molar refractivity (Wildman–Crippen MR) is 98.0 cm³/mol. The molecule has 2 heteroatoms. The highest BCUT2D eigenvalue weighted by molar-refractivity contribution is 5.87. The summed E-state index contributed by atoms with van der Waals surface area (Å²) in [6, 6.07) is 27.1. The standard InChI is InChI=1S/C22H18N2/c1-22(2)17-10-4-7-13-20(17)24(21-14-8-5-11-18(21)22)19-12-6-3-9-16(19)15-23/h3-14H,1-2H3. The zero-order valence-electron chi connectivity index (χ0n) is 13.8. The molecule has 1 heterocycles. The van der Waals surface area contributed by atoms with E-state index in [2.05, 4.69) is 73.3 Å². The van der Waals surface area contributed by atoms with Gasteiger partial charge in [-0.2, -0.15) is 5.26 Å². The van der Waals surface area contributed by atoms with Crippen LogP contribution in [-0.2, 0) is 5.41 Å². The van der Waals surface area contributed by atoms with Crippen molar-refractivity contribution in [2.75, 3.05) is 4.90 Å². The summed E-state index contributed by atoms with van der Waals surface area (Å²) in [6.45, 7) is 4.52. The summed E-state index contributed by atoms with van der Waals surface area (Å²) in [5.74, 6) is 0. The number of hydrogen-bond donors (Lipinski definition) is 0. The average molecular weight is 310 g/mol. The smallest absolute Gasteiger partial charge is 0.101 e. The molecule has 4 rings (SSSR count). The van der Waals surface area contributed by atoms with Crippen molar-refractivity contribution >= 4 is 17.1 Å². The monoisotopic (exact) mass is 310 g/mol. The highest BCUT2D eigenvalue weighted by Gasteiger charge is 2.36. The Bertz CT molecular complexity index is 914. The third-order valence-corrected chi connectivity index (χ3v) is 4.90. The third-order valence-electron chi connectivity index (χ3n) is 4.90. The van der Waals surface area contributed by atoms with Gasteiger partial charge in [-0.15, -0.1) is 0 Å². The zero-order valence-corrected chi connectivity index (χ0v) is 13.8. The lowest BCUT2D eigenvalue weighted by Crippen LogP contribution is -2.30. The van der Waals surface area contributed by atoms with Gasteiger partial charge in [0.2, 0.25) is 0 Å². The van der Waals surface area contributed by atoms with Crippen molar-refractivity contribution in [2.45, 2.75) is 19.3 Å². The molecule has 0 bridgehead atoms. The van der Waals surface area contributed by atoms with E-state index in [9.17, 15) is 5.26 Å². The number of para-hydroxylation sites is 3. The molecular formula is C22H18N2. The van der Waals surface area contributed by atoms with Gasteiger partial charge in [0, 0.05) is 5.41 Å². The molecule has 0 N–H and O–H groups in total. The molecular weight excluding hydrogens is 292 g/mol. The van der Waals surface area contributed by atoms with Crippen LogP contribution in [0.2, 0.25) is 0 Å². The second kappa shape index (κ2) is 5.25. The minimum absolute atomic E-state index is 0.0781. The van der Waals surface area contributed by atoms with Crippen LogP contribution in [-0.4, -0.2) is 0 Å². The molecule has 0 fully saturated rings. The summed E-state index contributed by atoms with van der Waals surface area (Å²) < 4.78 is 0.